The Morgan fingerprint density at radius 3 is 3.10 bits per heavy atom. The first-order chi connectivity index (χ1) is 10.0. The van der Waals surface area contributed by atoms with Crippen molar-refractivity contribution in [1.82, 2.24) is 19.9 Å². The topological polar surface area (TPSA) is 95.2 Å². The minimum Gasteiger partial charge on any atom is -0.480 e. The molecular weight excluding hydrogens is 272 g/mol. The van der Waals surface area contributed by atoms with Crippen LogP contribution in [0, 0.1) is 0 Å². The van der Waals surface area contributed by atoms with E-state index in [0.29, 0.717) is 25.4 Å². The predicted octanol–water partition coefficient (Wildman–Crippen LogP) is 1.53. The highest BCUT2D eigenvalue weighted by molar-refractivity contribution is 5.74. The summed E-state index contributed by atoms with van der Waals surface area (Å²) in [7, 11) is 0. The van der Waals surface area contributed by atoms with Gasteiger partial charge in [-0.3, -0.25) is 9.69 Å². The quantitative estimate of drug-likeness (QED) is 0.886. The van der Waals surface area contributed by atoms with E-state index in [-0.39, 0.29) is 5.92 Å². The van der Waals surface area contributed by atoms with Gasteiger partial charge in [0.2, 0.25) is 0 Å². The summed E-state index contributed by atoms with van der Waals surface area (Å²) in [4.78, 5) is 25.0. The molecule has 1 atom stereocenters. The van der Waals surface area contributed by atoms with Crippen LogP contribution in [-0.2, 0) is 24.3 Å². The van der Waals surface area contributed by atoms with Crippen LogP contribution >= 0.6 is 0 Å². The molecule has 0 aliphatic carbocycles. The van der Waals surface area contributed by atoms with Crippen molar-refractivity contribution in [1.29, 1.82) is 0 Å². The second-order valence-electron chi connectivity index (χ2n) is 5.62. The number of carboxylic acid groups (broad SMARTS) is 1. The van der Waals surface area contributed by atoms with Gasteiger partial charge in [0.25, 0.3) is 0 Å². The summed E-state index contributed by atoms with van der Waals surface area (Å²) >= 11 is 0. The number of oxazole rings is 1. The lowest BCUT2D eigenvalue weighted by Gasteiger charge is -2.31. The third-order valence-corrected chi connectivity index (χ3v) is 3.71. The molecule has 0 saturated carbocycles. The summed E-state index contributed by atoms with van der Waals surface area (Å²) in [5.74, 6) is 0.0573. The molecule has 3 rings (SSSR count). The summed E-state index contributed by atoms with van der Waals surface area (Å²) < 4.78 is 5.41. The number of carbonyl (C=O) groups is 1. The summed E-state index contributed by atoms with van der Waals surface area (Å²) in [5, 5.41) is 9.42. The molecule has 7 nitrogen and oxygen atoms in total. The fourth-order valence-electron chi connectivity index (χ4n) is 2.57. The van der Waals surface area contributed by atoms with Gasteiger partial charge in [0, 0.05) is 25.4 Å². The van der Waals surface area contributed by atoms with Gasteiger partial charge in [-0.05, 0) is 0 Å². The number of hydrogen-bond donors (Lipinski definition) is 2. The van der Waals surface area contributed by atoms with E-state index in [2.05, 4.69) is 15.0 Å². The van der Waals surface area contributed by atoms with Crippen molar-refractivity contribution in [2.45, 2.75) is 45.3 Å². The van der Waals surface area contributed by atoms with Crippen LogP contribution in [0.2, 0.25) is 0 Å². The molecular formula is C14H18N4O3. The molecule has 0 fully saturated rings. The lowest BCUT2D eigenvalue weighted by molar-refractivity contribution is -0.144. The molecule has 1 aliphatic heterocycles. The molecule has 0 aromatic carbocycles. The van der Waals surface area contributed by atoms with Crippen molar-refractivity contribution in [3.8, 4) is 0 Å². The molecule has 3 heterocycles. The van der Waals surface area contributed by atoms with E-state index in [1.54, 1.807) is 12.6 Å². The predicted molar refractivity (Wildman–Crippen MR) is 73.6 cm³/mol. The van der Waals surface area contributed by atoms with Crippen LogP contribution in [0.5, 0.6) is 0 Å². The Hall–Kier alpha value is -2.15. The van der Waals surface area contributed by atoms with Crippen molar-refractivity contribution in [3.63, 3.8) is 0 Å². The Morgan fingerprint density at radius 1 is 1.62 bits per heavy atom. The largest absolute Gasteiger partial charge is 0.480 e. The van der Waals surface area contributed by atoms with E-state index in [0.717, 1.165) is 17.1 Å². The molecule has 0 bridgehead atoms. The number of H-pyrrole nitrogens is 1. The van der Waals surface area contributed by atoms with Gasteiger partial charge < -0.3 is 14.5 Å². The molecule has 0 saturated heterocycles. The first-order valence-electron chi connectivity index (χ1n) is 6.97. The normalized spacial score (nSPS) is 18.9. The highest BCUT2D eigenvalue weighted by atomic mass is 16.4. The van der Waals surface area contributed by atoms with Crippen molar-refractivity contribution < 1.29 is 14.3 Å². The average Bonchev–Trinajstić information content (AvgIpc) is 3.05. The monoisotopic (exact) mass is 290 g/mol. The van der Waals surface area contributed by atoms with E-state index in [4.69, 9.17) is 4.42 Å². The first-order valence-corrected chi connectivity index (χ1v) is 6.97. The smallest absolute Gasteiger partial charge is 0.321 e. The van der Waals surface area contributed by atoms with Gasteiger partial charge in [0.15, 0.2) is 5.89 Å². The van der Waals surface area contributed by atoms with E-state index >= 15 is 0 Å². The molecule has 0 amide bonds. The summed E-state index contributed by atoms with van der Waals surface area (Å²) in [5.41, 5.74) is 2.56. The van der Waals surface area contributed by atoms with Crippen molar-refractivity contribution in [2.24, 2.45) is 0 Å². The minimum absolute atomic E-state index is 0.217. The number of aliphatic carboxylic acids is 1. The van der Waals surface area contributed by atoms with Crippen LogP contribution in [0.1, 0.15) is 42.7 Å². The number of rotatable bonds is 4. The molecule has 2 N–H and O–H groups in total. The molecule has 0 radical (unpaired) electrons. The lowest BCUT2D eigenvalue weighted by atomic mass is 10.0. The maximum Gasteiger partial charge on any atom is 0.321 e. The van der Waals surface area contributed by atoms with E-state index in [1.165, 1.54) is 0 Å². The SMILES string of the molecule is CC(C)c1nc(CN2Cc3[nH]cnc3C[C@@H]2C(=O)O)co1. The molecule has 0 spiro atoms. The van der Waals surface area contributed by atoms with E-state index in [9.17, 15) is 9.90 Å². The van der Waals surface area contributed by atoms with E-state index < -0.39 is 12.0 Å². The van der Waals surface area contributed by atoms with Crippen LogP contribution in [0.25, 0.3) is 0 Å². The van der Waals surface area contributed by atoms with Crippen molar-refractivity contribution >= 4 is 5.97 Å². The van der Waals surface area contributed by atoms with Gasteiger partial charge in [-0.15, -0.1) is 0 Å². The summed E-state index contributed by atoms with van der Waals surface area (Å²) in [6.45, 7) is 4.99. The number of nitrogens with one attached hydrogen (secondary N) is 1. The standard InChI is InChI=1S/C14H18N4O3/c1-8(2)13-17-9(6-21-13)4-18-5-11-10(15-7-16-11)3-12(18)14(19)20/h6-8,12H,3-5H2,1-2H3,(H,15,16)(H,19,20)/t12-/m1/s1. The third-order valence-electron chi connectivity index (χ3n) is 3.71. The third kappa shape index (κ3) is 2.69. The lowest BCUT2D eigenvalue weighted by Crippen LogP contribution is -2.45. The number of hydrogen-bond acceptors (Lipinski definition) is 5. The zero-order valence-corrected chi connectivity index (χ0v) is 12.0. The Bertz CT molecular complexity index is 646. The maximum atomic E-state index is 11.5. The number of carboxylic acids is 1. The number of aromatic nitrogens is 3. The minimum atomic E-state index is -0.837. The summed E-state index contributed by atoms with van der Waals surface area (Å²) in [6.07, 6.45) is 3.62. The molecule has 21 heavy (non-hydrogen) atoms. The zero-order chi connectivity index (χ0) is 15.0. The van der Waals surface area contributed by atoms with Crippen molar-refractivity contribution in [2.75, 3.05) is 0 Å². The Balaban J connectivity index is 1.80. The van der Waals surface area contributed by atoms with Crippen LogP contribution in [0.3, 0.4) is 0 Å². The zero-order valence-electron chi connectivity index (χ0n) is 12.0. The van der Waals surface area contributed by atoms with Crippen LogP contribution in [-0.4, -0.2) is 37.0 Å². The number of aromatic amines is 1. The average molecular weight is 290 g/mol. The number of imidazole rings is 1. The molecule has 7 heteroatoms. The van der Waals surface area contributed by atoms with Crippen LogP contribution < -0.4 is 0 Å². The maximum absolute atomic E-state index is 11.5. The van der Waals surface area contributed by atoms with Crippen LogP contribution in [0.4, 0.5) is 0 Å². The fraction of sp³-hybridized carbons (Fsp3) is 0.500. The van der Waals surface area contributed by atoms with Gasteiger partial charge in [-0.1, -0.05) is 13.8 Å². The highest BCUT2D eigenvalue weighted by Gasteiger charge is 2.33. The van der Waals surface area contributed by atoms with Gasteiger partial charge in [-0.2, -0.15) is 0 Å². The molecule has 2 aromatic rings. The van der Waals surface area contributed by atoms with Gasteiger partial charge in [0.05, 0.1) is 23.4 Å². The molecule has 112 valence electrons. The highest BCUT2D eigenvalue weighted by Crippen LogP contribution is 2.23. The number of fused-ring (bicyclic) bond motifs is 1. The Morgan fingerprint density at radius 2 is 2.43 bits per heavy atom. The first kappa shape index (κ1) is 13.8. The van der Waals surface area contributed by atoms with E-state index in [1.807, 2.05) is 18.7 Å². The Labute approximate surface area is 122 Å². The summed E-state index contributed by atoms with van der Waals surface area (Å²) in [6, 6.07) is -0.583. The second kappa shape index (κ2) is 5.33. The van der Waals surface area contributed by atoms with Crippen molar-refractivity contribution in [3.05, 3.63) is 35.6 Å². The molecule has 0 unspecified atom stereocenters. The number of nitrogens with zero attached hydrogens (tertiary/aromatic N) is 3. The van der Waals surface area contributed by atoms with Gasteiger partial charge >= 0.3 is 5.97 Å². The fourth-order valence-corrected chi connectivity index (χ4v) is 2.57. The van der Waals surface area contributed by atoms with Gasteiger partial charge in [-0.25, -0.2) is 9.97 Å². The molecule has 2 aromatic heterocycles. The second-order valence-corrected chi connectivity index (χ2v) is 5.62. The van der Waals surface area contributed by atoms with Crippen LogP contribution in [0.15, 0.2) is 17.0 Å². The molecule has 1 aliphatic rings. The Kier molecular flexibility index (Phi) is 3.50. The van der Waals surface area contributed by atoms with Gasteiger partial charge in [0.1, 0.15) is 12.3 Å².